The summed E-state index contributed by atoms with van der Waals surface area (Å²) in [6, 6.07) is 4.69. The fourth-order valence-electron chi connectivity index (χ4n) is 3.49. The van der Waals surface area contributed by atoms with Gasteiger partial charge in [-0.05, 0) is 25.0 Å². The molecule has 1 atom stereocenters. The predicted molar refractivity (Wildman–Crippen MR) is 103 cm³/mol. The van der Waals surface area contributed by atoms with Crippen LogP contribution >= 0.6 is 0 Å². The number of carbonyl (C=O) groups is 1. The van der Waals surface area contributed by atoms with Crippen LogP contribution in [0.25, 0.3) is 5.70 Å². The number of hydrogen-bond acceptors (Lipinski definition) is 5. The zero-order chi connectivity index (χ0) is 18.8. The number of benzene rings is 1. The van der Waals surface area contributed by atoms with E-state index in [1.807, 2.05) is 11.0 Å². The van der Waals surface area contributed by atoms with Gasteiger partial charge in [0.25, 0.3) is 5.91 Å². The van der Waals surface area contributed by atoms with E-state index in [1.165, 1.54) is 6.07 Å². The van der Waals surface area contributed by atoms with Gasteiger partial charge in [0.1, 0.15) is 11.5 Å². The van der Waals surface area contributed by atoms with Crippen LogP contribution in [0, 0.1) is 5.82 Å². The third kappa shape index (κ3) is 3.61. The minimum atomic E-state index is -0.368. The highest BCUT2D eigenvalue weighted by atomic mass is 19.1. The highest BCUT2D eigenvalue weighted by Crippen LogP contribution is 2.31. The number of amides is 1. The average molecular weight is 368 g/mol. The van der Waals surface area contributed by atoms with Crippen molar-refractivity contribution in [3.63, 3.8) is 0 Å². The molecule has 0 bridgehead atoms. The Morgan fingerprint density at radius 1 is 1.41 bits per heavy atom. The third-order valence-corrected chi connectivity index (χ3v) is 4.81. The highest BCUT2D eigenvalue weighted by Gasteiger charge is 2.24. The van der Waals surface area contributed by atoms with E-state index in [4.69, 9.17) is 5.73 Å². The molecule has 0 saturated carbocycles. The molecule has 0 radical (unpaired) electrons. The first kappa shape index (κ1) is 17.4. The fraction of sp³-hybridized carbons (Fsp3) is 0.316. The number of anilines is 2. The van der Waals surface area contributed by atoms with Crippen molar-refractivity contribution in [3.05, 3.63) is 48.0 Å². The van der Waals surface area contributed by atoms with Gasteiger partial charge in [-0.3, -0.25) is 9.89 Å². The summed E-state index contributed by atoms with van der Waals surface area (Å²) in [7, 11) is 0. The molecule has 4 rings (SSSR count). The summed E-state index contributed by atoms with van der Waals surface area (Å²) in [5, 5.41) is 9.44. The van der Waals surface area contributed by atoms with Crippen LogP contribution in [-0.4, -0.2) is 40.9 Å². The van der Waals surface area contributed by atoms with Gasteiger partial charge in [-0.15, -0.1) is 0 Å². The van der Waals surface area contributed by atoms with Crippen molar-refractivity contribution in [2.24, 2.45) is 10.7 Å². The van der Waals surface area contributed by atoms with E-state index in [0.717, 1.165) is 18.4 Å². The second-order valence-electron chi connectivity index (χ2n) is 6.78. The molecule has 27 heavy (non-hydrogen) atoms. The molecule has 3 heterocycles. The van der Waals surface area contributed by atoms with Crippen LogP contribution < -0.4 is 16.0 Å². The normalized spacial score (nSPS) is 19.6. The van der Waals surface area contributed by atoms with E-state index < -0.39 is 0 Å². The number of para-hydroxylation sites is 1. The minimum Gasteiger partial charge on any atom is -0.366 e. The van der Waals surface area contributed by atoms with Gasteiger partial charge < -0.3 is 16.0 Å². The Hall–Kier alpha value is -3.00. The van der Waals surface area contributed by atoms with E-state index in [0.29, 0.717) is 42.3 Å². The molecule has 8 heteroatoms. The number of aromatic nitrogens is 2. The highest BCUT2D eigenvalue weighted by molar-refractivity contribution is 6.45. The lowest BCUT2D eigenvalue weighted by Crippen LogP contribution is -2.43. The molecule has 140 valence electrons. The molecule has 2 aliphatic heterocycles. The molecule has 2 aliphatic rings. The van der Waals surface area contributed by atoms with Gasteiger partial charge in [0.05, 0.1) is 23.3 Å². The first-order valence-electron chi connectivity index (χ1n) is 8.99. The Labute approximate surface area is 156 Å². The average Bonchev–Trinajstić information content (AvgIpc) is 3.33. The molecular formula is C19H21FN6O. The van der Waals surface area contributed by atoms with Crippen LogP contribution in [0.1, 0.15) is 24.8 Å². The number of rotatable bonds is 4. The number of aliphatic imine (C=N–C) groups is 1. The van der Waals surface area contributed by atoms with E-state index in [1.54, 1.807) is 24.5 Å². The number of allylic oxidation sites excluding steroid dienone is 1. The Bertz CT molecular complexity index is 905. The molecule has 1 aromatic carbocycles. The number of nitrogens with one attached hydrogen (secondary N) is 2. The number of halogens is 1. The van der Waals surface area contributed by atoms with Gasteiger partial charge in [0.15, 0.2) is 0 Å². The van der Waals surface area contributed by atoms with Crippen molar-refractivity contribution in [3.8, 4) is 0 Å². The Morgan fingerprint density at radius 2 is 2.30 bits per heavy atom. The number of aromatic amines is 1. The van der Waals surface area contributed by atoms with Crippen LogP contribution in [0.15, 0.2) is 41.7 Å². The Morgan fingerprint density at radius 3 is 3.07 bits per heavy atom. The molecule has 0 unspecified atom stereocenters. The van der Waals surface area contributed by atoms with Gasteiger partial charge in [0.2, 0.25) is 0 Å². The molecule has 2 aromatic rings. The SMILES string of the molecule is N[C@@H]1CCCN(c2c(F)cccc2NC(=O)C2=NC(c3cn[nH]c3)=CC2)C1. The molecule has 1 aromatic heterocycles. The molecule has 1 saturated heterocycles. The van der Waals surface area contributed by atoms with Gasteiger partial charge >= 0.3 is 0 Å². The zero-order valence-electron chi connectivity index (χ0n) is 14.8. The first-order chi connectivity index (χ1) is 13.1. The van der Waals surface area contributed by atoms with Gasteiger partial charge in [-0.25, -0.2) is 9.38 Å². The lowest BCUT2D eigenvalue weighted by Gasteiger charge is -2.34. The Kier molecular flexibility index (Phi) is 4.72. The Balaban J connectivity index is 1.54. The van der Waals surface area contributed by atoms with Gasteiger partial charge in [0, 0.05) is 37.3 Å². The van der Waals surface area contributed by atoms with E-state index in [9.17, 15) is 9.18 Å². The lowest BCUT2D eigenvalue weighted by molar-refractivity contribution is -0.110. The maximum absolute atomic E-state index is 14.6. The monoisotopic (exact) mass is 368 g/mol. The summed E-state index contributed by atoms with van der Waals surface area (Å²) < 4.78 is 14.6. The van der Waals surface area contributed by atoms with Crippen LogP contribution in [0.2, 0.25) is 0 Å². The quantitative estimate of drug-likeness (QED) is 0.771. The lowest BCUT2D eigenvalue weighted by atomic mass is 10.1. The van der Waals surface area contributed by atoms with Crippen molar-refractivity contribution in [1.29, 1.82) is 0 Å². The van der Waals surface area contributed by atoms with Crippen molar-refractivity contribution < 1.29 is 9.18 Å². The number of hydrogen-bond donors (Lipinski definition) is 3. The van der Waals surface area contributed by atoms with Crippen LogP contribution in [0.4, 0.5) is 15.8 Å². The second-order valence-corrected chi connectivity index (χ2v) is 6.78. The van der Waals surface area contributed by atoms with E-state index >= 15 is 0 Å². The minimum absolute atomic E-state index is 0.00262. The van der Waals surface area contributed by atoms with Gasteiger partial charge in [-0.1, -0.05) is 12.1 Å². The first-order valence-corrected chi connectivity index (χ1v) is 8.99. The van der Waals surface area contributed by atoms with Crippen molar-refractivity contribution in [2.45, 2.75) is 25.3 Å². The second kappa shape index (κ2) is 7.32. The number of piperidine rings is 1. The van der Waals surface area contributed by atoms with Crippen LogP contribution in [0.5, 0.6) is 0 Å². The molecule has 7 nitrogen and oxygen atoms in total. The summed E-state index contributed by atoms with van der Waals surface area (Å²) in [5.41, 5.74) is 8.79. The molecule has 1 fully saturated rings. The number of nitrogens with zero attached hydrogens (tertiary/aromatic N) is 3. The molecule has 0 spiro atoms. The summed E-state index contributed by atoms with van der Waals surface area (Å²) in [5.74, 6) is -0.703. The number of nitrogens with two attached hydrogens (primary N) is 1. The maximum Gasteiger partial charge on any atom is 0.270 e. The van der Waals surface area contributed by atoms with E-state index in [-0.39, 0.29) is 17.8 Å². The van der Waals surface area contributed by atoms with E-state index in [2.05, 4.69) is 20.5 Å². The molecular weight excluding hydrogens is 347 g/mol. The number of carbonyl (C=O) groups excluding carboxylic acids is 1. The smallest absolute Gasteiger partial charge is 0.270 e. The summed E-state index contributed by atoms with van der Waals surface area (Å²) >= 11 is 0. The van der Waals surface area contributed by atoms with Crippen LogP contribution in [-0.2, 0) is 4.79 Å². The molecule has 0 aliphatic carbocycles. The summed E-state index contributed by atoms with van der Waals surface area (Å²) in [4.78, 5) is 19.0. The largest absolute Gasteiger partial charge is 0.366 e. The predicted octanol–water partition coefficient (Wildman–Crippen LogP) is 2.30. The topological polar surface area (TPSA) is 99.4 Å². The summed E-state index contributed by atoms with van der Waals surface area (Å²) in [6.07, 6.45) is 7.49. The van der Waals surface area contributed by atoms with Crippen molar-refractivity contribution >= 4 is 28.7 Å². The standard InChI is InChI=1S/C19H21FN6O/c20-14-4-1-5-16(18(14)26-8-2-3-13(21)11-26)25-19(27)17-7-6-15(24-17)12-9-22-23-10-12/h1,4-6,9-10,13H,2-3,7-8,11,21H2,(H,22,23)(H,25,27)/t13-/m1/s1. The fourth-order valence-corrected chi connectivity index (χ4v) is 3.49. The van der Waals surface area contributed by atoms with Crippen molar-refractivity contribution in [2.75, 3.05) is 23.3 Å². The van der Waals surface area contributed by atoms with Gasteiger partial charge in [-0.2, -0.15) is 5.10 Å². The maximum atomic E-state index is 14.6. The zero-order valence-corrected chi connectivity index (χ0v) is 14.8. The number of H-pyrrole nitrogens is 1. The third-order valence-electron chi connectivity index (χ3n) is 4.81. The molecule has 4 N–H and O–H groups in total. The van der Waals surface area contributed by atoms with Crippen LogP contribution in [0.3, 0.4) is 0 Å². The summed E-state index contributed by atoms with van der Waals surface area (Å²) in [6.45, 7) is 1.28. The molecule has 1 amide bonds. The van der Waals surface area contributed by atoms with Crippen molar-refractivity contribution in [1.82, 2.24) is 10.2 Å².